The Kier molecular flexibility index (Phi) is 5.72. The van der Waals surface area contributed by atoms with Crippen LogP contribution in [0.4, 0.5) is 0 Å². The molecule has 0 spiro atoms. The van der Waals surface area contributed by atoms with Crippen molar-refractivity contribution in [3.63, 3.8) is 0 Å². The monoisotopic (exact) mass is 386 g/mol. The van der Waals surface area contributed by atoms with E-state index < -0.39 is 0 Å². The third-order valence-electron chi connectivity index (χ3n) is 4.71. The van der Waals surface area contributed by atoms with Gasteiger partial charge in [-0.15, -0.1) is 0 Å². The normalized spacial score (nSPS) is 20.4. The molecule has 4 heterocycles. The highest BCUT2D eigenvalue weighted by molar-refractivity contribution is 7.99. The standard InChI is InChI=1S/C19H22N4O3S/c24-19(14-1-2-17(22-11-14)26-16-5-10-27-13-16)23-8-3-15(4-9-23)25-18-12-20-6-7-21-18/h1-2,6-7,11-12,15-16H,3-5,8-10,13H2/t16-/m1/s1. The van der Waals surface area contributed by atoms with E-state index in [1.807, 2.05) is 16.7 Å². The number of piperidine rings is 1. The van der Waals surface area contributed by atoms with Crippen molar-refractivity contribution in [3.05, 3.63) is 42.5 Å². The summed E-state index contributed by atoms with van der Waals surface area (Å²) in [6, 6.07) is 3.59. The SMILES string of the molecule is O=C(c1ccc(O[C@@H]2CCSC2)nc1)N1CCC(Oc2cnccn2)CC1. The van der Waals surface area contributed by atoms with Gasteiger partial charge in [-0.3, -0.25) is 9.78 Å². The first-order valence-electron chi connectivity index (χ1n) is 9.20. The molecule has 27 heavy (non-hydrogen) atoms. The summed E-state index contributed by atoms with van der Waals surface area (Å²) in [5.74, 6) is 3.27. The lowest BCUT2D eigenvalue weighted by Crippen LogP contribution is -2.41. The summed E-state index contributed by atoms with van der Waals surface area (Å²) in [6.45, 7) is 1.31. The lowest BCUT2D eigenvalue weighted by Gasteiger charge is -2.31. The number of hydrogen-bond donors (Lipinski definition) is 0. The lowest BCUT2D eigenvalue weighted by molar-refractivity contribution is 0.0586. The van der Waals surface area contributed by atoms with E-state index in [9.17, 15) is 4.79 Å². The molecule has 4 rings (SSSR count). The van der Waals surface area contributed by atoms with E-state index >= 15 is 0 Å². The van der Waals surface area contributed by atoms with E-state index in [0.717, 1.165) is 30.8 Å². The smallest absolute Gasteiger partial charge is 0.255 e. The highest BCUT2D eigenvalue weighted by Crippen LogP contribution is 2.23. The summed E-state index contributed by atoms with van der Waals surface area (Å²) in [7, 11) is 0. The van der Waals surface area contributed by atoms with Crippen LogP contribution in [-0.2, 0) is 0 Å². The van der Waals surface area contributed by atoms with E-state index in [4.69, 9.17) is 9.47 Å². The molecule has 2 saturated heterocycles. The number of likely N-dealkylation sites (tertiary alicyclic amines) is 1. The molecule has 0 radical (unpaired) electrons. The molecule has 2 aromatic heterocycles. The zero-order valence-electron chi connectivity index (χ0n) is 15.0. The summed E-state index contributed by atoms with van der Waals surface area (Å²) in [5.41, 5.74) is 0.594. The second kappa shape index (κ2) is 8.56. The van der Waals surface area contributed by atoms with Gasteiger partial charge in [0.1, 0.15) is 12.2 Å². The summed E-state index contributed by atoms with van der Waals surface area (Å²) in [6.07, 6.45) is 9.34. The quantitative estimate of drug-likeness (QED) is 0.781. The topological polar surface area (TPSA) is 77.4 Å². The molecule has 1 atom stereocenters. The highest BCUT2D eigenvalue weighted by atomic mass is 32.2. The van der Waals surface area contributed by atoms with Gasteiger partial charge >= 0.3 is 0 Å². The fourth-order valence-electron chi connectivity index (χ4n) is 3.23. The fraction of sp³-hybridized carbons (Fsp3) is 0.474. The Bertz CT molecular complexity index is 745. The first-order chi connectivity index (χ1) is 13.3. The number of pyridine rings is 1. The van der Waals surface area contributed by atoms with Crippen LogP contribution in [0, 0.1) is 0 Å². The van der Waals surface area contributed by atoms with Crippen molar-refractivity contribution < 1.29 is 14.3 Å². The van der Waals surface area contributed by atoms with Gasteiger partial charge in [0, 0.05) is 56.3 Å². The summed E-state index contributed by atoms with van der Waals surface area (Å²) < 4.78 is 11.7. The van der Waals surface area contributed by atoms with E-state index in [1.54, 1.807) is 36.9 Å². The van der Waals surface area contributed by atoms with Gasteiger partial charge in [-0.2, -0.15) is 11.8 Å². The van der Waals surface area contributed by atoms with Crippen molar-refractivity contribution in [2.75, 3.05) is 24.6 Å². The number of ether oxygens (including phenoxy) is 2. The van der Waals surface area contributed by atoms with Crippen LogP contribution in [0.3, 0.4) is 0 Å². The average molecular weight is 386 g/mol. The number of rotatable bonds is 5. The minimum Gasteiger partial charge on any atom is -0.473 e. The van der Waals surface area contributed by atoms with Gasteiger partial charge in [-0.05, 0) is 18.2 Å². The number of nitrogens with zero attached hydrogens (tertiary/aromatic N) is 4. The van der Waals surface area contributed by atoms with Crippen LogP contribution in [0.1, 0.15) is 29.6 Å². The molecule has 2 aliphatic rings. The second-order valence-electron chi connectivity index (χ2n) is 6.64. The van der Waals surface area contributed by atoms with Crippen LogP contribution in [0.15, 0.2) is 36.9 Å². The Hall–Kier alpha value is -2.35. The molecule has 0 unspecified atom stereocenters. The molecule has 0 saturated carbocycles. The van der Waals surface area contributed by atoms with Gasteiger partial charge in [0.15, 0.2) is 0 Å². The molecular formula is C19H22N4O3S. The maximum absolute atomic E-state index is 12.7. The first kappa shape index (κ1) is 18.0. The summed E-state index contributed by atoms with van der Waals surface area (Å²) in [4.78, 5) is 27.0. The minimum absolute atomic E-state index is 0.00317. The second-order valence-corrected chi connectivity index (χ2v) is 7.79. The van der Waals surface area contributed by atoms with Crippen LogP contribution >= 0.6 is 11.8 Å². The van der Waals surface area contributed by atoms with Crippen LogP contribution in [0.2, 0.25) is 0 Å². The van der Waals surface area contributed by atoms with Crippen molar-refractivity contribution in [2.45, 2.75) is 31.5 Å². The maximum Gasteiger partial charge on any atom is 0.255 e. The van der Waals surface area contributed by atoms with Crippen molar-refractivity contribution in [1.82, 2.24) is 19.9 Å². The number of hydrogen-bond acceptors (Lipinski definition) is 7. The molecule has 0 N–H and O–H groups in total. The zero-order chi connectivity index (χ0) is 18.5. The molecule has 1 amide bonds. The summed E-state index contributed by atoms with van der Waals surface area (Å²) in [5, 5.41) is 0. The van der Waals surface area contributed by atoms with Crippen molar-refractivity contribution in [1.29, 1.82) is 0 Å². The molecule has 142 valence electrons. The van der Waals surface area contributed by atoms with Gasteiger partial charge in [0.2, 0.25) is 11.8 Å². The largest absolute Gasteiger partial charge is 0.473 e. The lowest BCUT2D eigenvalue weighted by atomic mass is 10.1. The number of carbonyl (C=O) groups excluding carboxylic acids is 1. The number of amides is 1. The average Bonchev–Trinajstić information content (AvgIpc) is 3.22. The van der Waals surface area contributed by atoms with Crippen molar-refractivity contribution in [2.24, 2.45) is 0 Å². The van der Waals surface area contributed by atoms with Gasteiger partial charge in [0.05, 0.1) is 11.8 Å². The minimum atomic E-state index is 0.00317. The molecule has 2 fully saturated rings. The molecule has 0 aromatic carbocycles. The van der Waals surface area contributed by atoms with E-state index in [1.165, 1.54) is 0 Å². The Morgan fingerprint density at radius 1 is 1.00 bits per heavy atom. The van der Waals surface area contributed by atoms with Crippen LogP contribution in [0.5, 0.6) is 11.8 Å². The Morgan fingerprint density at radius 3 is 2.52 bits per heavy atom. The van der Waals surface area contributed by atoms with Gasteiger partial charge < -0.3 is 14.4 Å². The molecule has 0 aliphatic carbocycles. The van der Waals surface area contributed by atoms with Crippen LogP contribution in [-0.4, -0.2) is 62.6 Å². The van der Waals surface area contributed by atoms with E-state index in [2.05, 4.69) is 15.0 Å². The number of aromatic nitrogens is 3. The molecule has 8 heteroatoms. The van der Waals surface area contributed by atoms with Crippen molar-refractivity contribution >= 4 is 17.7 Å². The first-order valence-corrected chi connectivity index (χ1v) is 10.4. The third kappa shape index (κ3) is 4.68. The van der Waals surface area contributed by atoms with Crippen LogP contribution < -0.4 is 9.47 Å². The molecule has 2 aliphatic heterocycles. The third-order valence-corrected chi connectivity index (χ3v) is 5.85. The Labute approximate surface area is 162 Å². The number of thioether (sulfide) groups is 1. The maximum atomic E-state index is 12.7. The fourth-order valence-corrected chi connectivity index (χ4v) is 4.32. The van der Waals surface area contributed by atoms with Gasteiger partial charge in [0.25, 0.3) is 5.91 Å². The predicted octanol–water partition coefficient (Wildman–Crippen LogP) is 2.44. The highest BCUT2D eigenvalue weighted by Gasteiger charge is 2.25. The molecule has 7 nitrogen and oxygen atoms in total. The van der Waals surface area contributed by atoms with E-state index in [-0.39, 0.29) is 18.1 Å². The molecule has 2 aromatic rings. The zero-order valence-corrected chi connectivity index (χ0v) is 15.8. The summed E-state index contributed by atoms with van der Waals surface area (Å²) >= 11 is 1.90. The van der Waals surface area contributed by atoms with Gasteiger partial charge in [-0.25, -0.2) is 9.97 Å². The Morgan fingerprint density at radius 2 is 1.85 bits per heavy atom. The molecular weight excluding hydrogens is 364 g/mol. The Balaban J connectivity index is 1.28. The van der Waals surface area contributed by atoms with Crippen LogP contribution in [0.25, 0.3) is 0 Å². The van der Waals surface area contributed by atoms with E-state index in [0.29, 0.717) is 30.4 Å². The van der Waals surface area contributed by atoms with Crippen molar-refractivity contribution in [3.8, 4) is 11.8 Å². The van der Waals surface area contributed by atoms with Gasteiger partial charge in [-0.1, -0.05) is 0 Å². The predicted molar refractivity (Wildman–Crippen MR) is 102 cm³/mol. The molecule has 0 bridgehead atoms. The number of carbonyl (C=O) groups is 1.